The molecule has 6 heteroatoms. The van der Waals surface area contributed by atoms with E-state index in [2.05, 4.69) is 10.1 Å². The minimum Gasteiger partial charge on any atom is -0.478 e. The van der Waals surface area contributed by atoms with Crippen LogP contribution in [0, 0.1) is 6.92 Å². The first kappa shape index (κ1) is 12.2. The van der Waals surface area contributed by atoms with Crippen molar-refractivity contribution >= 4 is 11.5 Å². The van der Waals surface area contributed by atoms with Crippen LogP contribution in [0.2, 0.25) is 0 Å². The molecule has 3 rings (SSSR count). The van der Waals surface area contributed by atoms with Crippen LogP contribution >= 0.6 is 0 Å². The molecule has 3 aromatic rings. The van der Waals surface area contributed by atoms with Crippen molar-refractivity contribution in [2.24, 2.45) is 0 Å². The minimum atomic E-state index is -0.983. The van der Waals surface area contributed by atoms with E-state index in [0.29, 0.717) is 22.7 Å². The summed E-state index contributed by atoms with van der Waals surface area (Å²) in [7, 11) is 0. The number of benzene rings is 1. The lowest BCUT2D eigenvalue weighted by atomic mass is 10.1. The second-order valence-electron chi connectivity index (χ2n) is 4.23. The highest BCUT2D eigenvalue weighted by molar-refractivity contribution is 5.90. The number of carboxylic acid groups (broad SMARTS) is 1. The van der Waals surface area contributed by atoms with Crippen molar-refractivity contribution in [2.75, 3.05) is 0 Å². The third-order valence-corrected chi connectivity index (χ3v) is 3.01. The number of rotatable bonds is 3. The number of hydrogen-bond donors (Lipinski definition) is 1. The predicted octanol–water partition coefficient (Wildman–Crippen LogP) is 2.53. The summed E-state index contributed by atoms with van der Waals surface area (Å²) in [5.41, 5.74) is 1.49. The molecule has 20 heavy (non-hydrogen) atoms. The first-order valence-corrected chi connectivity index (χ1v) is 5.96. The van der Waals surface area contributed by atoms with Crippen LogP contribution in [0.4, 0.5) is 0 Å². The second-order valence-corrected chi connectivity index (χ2v) is 4.23. The Kier molecular flexibility index (Phi) is 2.83. The summed E-state index contributed by atoms with van der Waals surface area (Å²) < 4.78 is 7.37. The average Bonchev–Trinajstić information content (AvgIpc) is 2.90. The van der Waals surface area contributed by atoms with Gasteiger partial charge in [-0.25, -0.2) is 14.3 Å². The quantitative estimate of drug-likeness (QED) is 0.790. The van der Waals surface area contributed by atoms with Crippen molar-refractivity contribution in [3.8, 4) is 11.6 Å². The molecule has 0 saturated carbocycles. The summed E-state index contributed by atoms with van der Waals surface area (Å²) in [4.78, 5) is 15.3. The van der Waals surface area contributed by atoms with E-state index >= 15 is 0 Å². The minimum absolute atomic E-state index is 0.211. The number of fused-ring (bicyclic) bond motifs is 1. The molecule has 0 spiro atoms. The van der Waals surface area contributed by atoms with Gasteiger partial charge in [-0.1, -0.05) is 6.07 Å². The highest BCUT2D eigenvalue weighted by Crippen LogP contribution is 2.28. The molecule has 0 unspecified atom stereocenters. The fourth-order valence-electron chi connectivity index (χ4n) is 1.97. The van der Waals surface area contributed by atoms with E-state index in [4.69, 9.17) is 9.84 Å². The van der Waals surface area contributed by atoms with Gasteiger partial charge in [-0.15, -0.1) is 0 Å². The Hall–Kier alpha value is -2.89. The molecule has 2 aromatic heterocycles. The number of aromatic nitrogens is 3. The Morgan fingerprint density at radius 1 is 1.30 bits per heavy atom. The van der Waals surface area contributed by atoms with Crippen LogP contribution < -0.4 is 4.74 Å². The molecule has 0 aliphatic carbocycles. The molecule has 2 heterocycles. The molecule has 0 radical (unpaired) electrons. The standard InChI is InChI=1S/C14H11N3O3/c1-9-10(14(18)19)3-2-4-12(9)20-13-11-5-6-16-17(11)8-7-15-13/h2-8H,1H3,(H,18,19). The molecule has 0 bridgehead atoms. The maximum absolute atomic E-state index is 11.1. The van der Waals surface area contributed by atoms with Gasteiger partial charge < -0.3 is 9.84 Å². The summed E-state index contributed by atoms with van der Waals surface area (Å²) in [6.45, 7) is 1.70. The Balaban J connectivity index is 2.05. The van der Waals surface area contributed by atoms with Crippen LogP contribution in [-0.4, -0.2) is 25.7 Å². The lowest BCUT2D eigenvalue weighted by molar-refractivity contribution is 0.0695. The van der Waals surface area contributed by atoms with Gasteiger partial charge in [0.15, 0.2) is 0 Å². The zero-order chi connectivity index (χ0) is 14.1. The van der Waals surface area contributed by atoms with Crippen LogP contribution in [0.25, 0.3) is 5.52 Å². The molecular formula is C14H11N3O3. The maximum atomic E-state index is 11.1. The lowest BCUT2D eigenvalue weighted by Crippen LogP contribution is -2.02. The second kappa shape index (κ2) is 4.65. The van der Waals surface area contributed by atoms with Gasteiger partial charge in [0.25, 0.3) is 0 Å². The molecular weight excluding hydrogens is 258 g/mol. The van der Waals surface area contributed by atoms with E-state index in [1.165, 1.54) is 6.07 Å². The molecule has 0 atom stereocenters. The summed E-state index contributed by atoms with van der Waals surface area (Å²) in [6, 6.07) is 6.67. The van der Waals surface area contributed by atoms with Crippen molar-refractivity contribution in [1.29, 1.82) is 0 Å². The highest BCUT2D eigenvalue weighted by Gasteiger charge is 2.13. The Labute approximate surface area is 114 Å². The largest absolute Gasteiger partial charge is 0.478 e. The predicted molar refractivity (Wildman–Crippen MR) is 71.2 cm³/mol. The Bertz CT molecular complexity index is 795. The number of carboxylic acids is 1. The van der Waals surface area contributed by atoms with Crippen molar-refractivity contribution in [3.63, 3.8) is 0 Å². The van der Waals surface area contributed by atoms with Crippen molar-refractivity contribution < 1.29 is 14.6 Å². The first-order valence-electron chi connectivity index (χ1n) is 5.96. The molecule has 0 amide bonds. The van der Waals surface area contributed by atoms with Gasteiger partial charge in [0.05, 0.1) is 11.8 Å². The van der Waals surface area contributed by atoms with Gasteiger partial charge >= 0.3 is 5.97 Å². The van der Waals surface area contributed by atoms with E-state index in [-0.39, 0.29) is 5.56 Å². The zero-order valence-corrected chi connectivity index (χ0v) is 10.6. The van der Waals surface area contributed by atoms with Gasteiger partial charge in [-0.2, -0.15) is 5.10 Å². The topological polar surface area (TPSA) is 76.7 Å². The van der Waals surface area contributed by atoms with Crippen LogP contribution in [0.15, 0.2) is 42.9 Å². The van der Waals surface area contributed by atoms with Crippen molar-refractivity contribution in [3.05, 3.63) is 54.0 Å². The molecule has 0 aliphatic rings. The monoisotopic (exact) mass is 269 g/mol. The molecule has 100 valence electrons. The van der Waals surface area contributed by atoms with Crippen LogP contribution in [0.3, 0.4) is 0 Å². The van der Waals surface area contributed by atoms with Crippen molar-refractivity contribution in [2.45, 2.75) is 6.92 Å². The molecule has 0 fully saturated rings. The zero-order valence-electron chi connectivity index (χ0n) is 10.6. The number of nitrogens with zero attached hydrogens (tertiary/aromatic N) is 3. The fourth-order valence-corrected chi connectivity index (χ4v) is 1.97. The summed E-state index contributed by atoms with van der Waals surface area (Å²) >= 11 is 0. The number of carbonyl (C=O) groups is 1. The van der Waals surface area contributed by atoms with Gasteiger partial charge in [-0.05, 0) is 25.1 Å². The van der Waals surface area contributed by atoms with E-state index in [0.717, 1.165) is 0 Å². The van der Waals surface area contributed by atoms with Crippen LogP contribution in [0.1, 0.15) is 15.9 Å². The average molecular weight is 269 g/mol. The molecule has 0 saturated heterocycles. The first-order chi connectivity index (χ1) is 9.66. The normalized spacial score (nSPS) is 10.7. The van der Waals surface area contributed by atoms with Crippen molar-refractivity contribution in [1.82, 2.24) is 14.6 Å². The third kappa shape index (κ3) is 1.97. The van der Waals surface area contributed by atoms with Gasteiger partial charge in [0.2, 0.25) is 5.88 Å². The highest BCUT2D eigenvalue weighted by atomic mass is 16.5. The summed E-state index contributed by atoms with van der Waals surface area (Å²) in [6.07, 6.45) is 4.93. The number of ether oxygens (including phenoxy) is 1. The van der Waals surface area contributed by atoms with E-state index in [9.17, 15) is 4.79 Å². The van der Waals surface area contributed by atoms with E-state index in [1.807, 2.05) is 0 Å². The molecule has 1 aromatic carbocycles. The molecule has 1 N–H and O–H groups in total. The maximum Gasteiger partial charge on any atom is 0.336 e. The van der Waals surface area contributed by atoms with Crippen LogP contribution in [0.5, 0.6) is 11.6 Å². The number of aromatic carboxylic acids is 1. The number of hydrogen-bond acceptors (Lipinski definition) is 4. The smallest absolute Gasteiger partial charge is 0.336 e. The van der Waals surface area contributed by atoms with Gasteiger partial charge in [-0.3, -0.25) is 0 Å². The Morgan fingerprint density at radius 2 is 2.15 bits per heavy atom. The summed E-state index contributed by atoms with van der Waals surface area (Å²) in [5, 5.41) is 13.2. The van der Waals surface area contributed by atoms with Gasteiger partial charge in [0, 0.05) is 18.0 Å². The fraction of sp³-hybridized carbons (Fsp3) is 0.0714. The third-order valence-electron chi connectivity index (χ3n) is 3.01. The lowest BCUT2D eigenvalue weighted by Gasteiger charge is -2.10. The van der Waals surface area contributed by atoms with E-state index in [1.54, 1.807) is 48.2 Å². The molecule has 6 nitrogen and oxygen atoms in total. The van der Waals surface area contributed by atoms with E-state index < -0.39 is 5.97 Å². The van der Waals surface area contributed by atoms with Gasteiger partial charge in [0.1, 0.15) is 11.3 Å². The Morgan fingerprint density at radius 3 is 2.95 bits per heavy atom. The summed E-state index contributed by atoms with van der Waals surface area (Å²) in [5.74, 6) is -0.134. The van der Waals surface area contributed by atoms with Crippen LogP contribution in [-0.2, 0) is 0 Å². The molecule has 0 aliphatic heterocycles. The SMILES string of the molecule is Cc1c(Oc2nccn3nccc23)cccc1C(=O)O.